The number of benzene rings is 3. The van der Waals surface area contributed by atoms with E-state index in [4.69, 9.17) is 17.3 Å². The molecular weight excluding hydrogens is 498 g/mol. The fourth-order valence-electron chi connectivity index (χ4n) is 4.37. The zero-order chi connectivity index (χ0) is 22.6. The largest absolute Gasteiger partial charge is 1.00 e. The highest BCUT2D eigenvalue weighted by Crippen LogP contribution is 2.36. The molecule has 0 saturated carbocycles. The highest BCUT2D eigenvalue weighted by Gasteiger charge is 2.40. The molecule has 3 aromatic carbocycles. The number of halogens is 2. The van der Waals surface area contributed by atoms with E-state index in [9.17, 15) is 4.79 Å². The van der Waals surface area contributed by atoms with Crippen LogP contribution in [-0.4, -0.2) is 10.5 Å². The number of primary amides is 1. The van der Waals surface area contributed by atoms with Crippen LogP contribution in [0.15, 0.2) is 97.3 Å². The van der Waals surface area contributed by atoms with Gasteiger partial charge in [0.2, 0.25) is 5.91 Å². The molecule has 0 bridgehead atoms. The summed E-state index contributed by atoms with van der Waals surface area (Å²) in [5.74, 6) is 0.760. The standard InChI is InChI=1S/C27H26ClN3O.BrH/c1-21-30(17-18-31(21)20-22-9-8-14-25(28)19-22)16-15-27(26(29)32,23-10-4-2-5-11-23)24-12-6-3-7-13-24;/h2-14,17-19H,15-16,20H2,1H3,(H-,29,32);1H. The van der Waals surface area contributed by atoms with E-state index in [2.05, 4.69) is 34.5 Å². The molecule has 0 saturated heterocycles. The molecular formula is C27H27BrClN3O. The molecule has 1 heterocycles. The van der Waals surface area contributed by atoms with Crippen LogP contribution in [0.1, 0.15) is 28.9 Å². The van der Waals surface area contributed by atoms with Gasteiger partial charge in [0.1, 0.15) is 24.4 Å². The molecule has 0 fully saturated rings. The van der Waals surface area contributed by atoms with E-state index in [-0.39, 0.29) is 22.9 Å². The van der Waals surface area contributed by atoms with Gasteiger partial charge in [-0.15, -0.1) is 0 Å². The number of nitrogens with zero attached hydrogens (tertiary/aromatic N) is 2. The molecule has 2 N–H and O–H groups in total. The van der Waals surface area contributed by atoms with Crippen LogP contribution in [0.25, 0.3) is 0 Å². The fraction of sp³-hybridized carbons (Fsp3) is 0.185. The topological polar surface area (TPSA) is 51.9 Å². The van der Waals surface area contributed by atoms with Gasteiger partial charge in [0, 0.05) is 18.4 Å². The second-order valence-electron chi connectivity index (χ2n) is 8.05. The van der Waals surface area contributed by atoms with Crippen LogP contribution in [0.5, 0.6) is 0 Å². The van der Waals surface area contributed by atoms with Crippen LogP contribution in [0.2, 0.25) is 5.02 Å². The van der Waals surface area contributed by atoms with Crippen molar-refractivity contribution >= 4 is 17.5 Å². The molecule has 1 amide bonds. The predicted molar refractivity (Wildman–Crippen MR) is 127 cm³/mol. The lowest BCUT2D eigenvalue weighted by molar-refractivity contribution is -0.694. The van der Waals surface area contributed by atoms with Crippen LogP contribution < -0.4 is 27.3 Å². The summed E-state index contributed by atoms with van der Waals surface area (Å²) in [6, 6.07) is 27.6. The van der Waals surface area contributed by atoms with Gasteiger partial charge >= 0.3 is 0 Å². The van der Waals surface area contributed by atoms with E-state index in [0.717, 1.165) is 34.1 Å². The molecule has 170 valence electrons. The van der Waals surface area contributed by atoms with Gasteiger partial charge < -0.3 is 22.7 Å². The zero-order valence-electron chi connectivity index (χ0n) is 18.5. The summed E-state index contributed by atoms with van der Waals surface area (Å²) in [6.07, 6.45) is 4.68. The third-order valence-corrected chi connectivity index (χ3v) is 6.42. The van der Waals surface area contributed by atoms with Gasteiger partial charge in [0.25, 0.3) is 5.82 Å². The lowest BCUT2D eigenvalue weighted by atomic mass is 9.71. The number of carbonyl (C=O) groups is 1. The molecule has 6 heteroatoms. The Bertz CT molecular complexity index is 1170. The molecule has 0 atom stereocenters. The number of amides is 1. The maximum atomic E-state index is 13.0. The Kier molecular flexibility index (Phi) is 8.11. The molecule has 0 unspecified atom stereocenters. The van der Waals surface area contributed by atoms with Crippen LogP contribution >= 0.6 is 11.6 Å². The third-order valence-electron chi connectivity index (χ3n) is 6.18. The van der Waals surface area contributed by atoms with Crippen LogP contribution in [0.3, 0.4) is 0 Å². The lowest BCUT2D eigenvalue weighted by Crippen LogP contribution is -3.00. The van der Waals surface area contributed by atoms with Crippen molar-refractivity contribution in [1.29, 1.82) is 0 Å². The predicted octanol–water partition coefficient (Wildman–Crippen LogP) is 1.65. The Hall–Kier alpha value is -2.89. The highest BCUT2D eigenvalue weighted by atomic mass is 79.9. The van der Waals surface area contributed by atoms with Crippen molar-refractivity contribution in [2.24, 2.45) is 5.73 Å². The first kappa shape index (κ1) is 24.7. The second-order valence-corrected chi connectivity index (χ2v) is 8.48. The quantitative estimate of drug-likeness (QED) is 0.350. The summed E-state index contributed by atoms with van der Waals surface area (Å²) in [4.78, 5) is 13.0. The number of hydrogen-bond donors (Lipinski definition) is 1. The SMILES string of the molecule is Cc1n(CCC(C(N)=O)(c2ccccc2)c2ccccc2)cc[n+]1Cc1cccc(Cl)c1.[Br-]. The van der Waals surface area contributed by atoms with Crippen molar-refractivity contribution in [3.63, 3.8) is 0 Å². The summed E-state index contributed by atoms with van der Waals surface area (Å²) >= 11 is 6.14. The Labute approximate surface area is 210 Å². The summed E-state index contributed by atoms with van der Waals surface area (Å²) in [6.45, 7) is 3.47. The van der Waals surface area contributed by atoms with E-state index >= 15 is 0 Å². The first-order chi connectivity index (χ1) is 15.5. The Morgan fingerprint density at radius 1 is 0.970 bits per heavy atom. The number of hydrogen-bond acceptors (Lipinski definition) is 1. The maximum Gasteiger partial charge on any atom is 0.253 e. The van der Waals surface area contributed by atoms with Crippen molar-refractivity contribution in [2.45, 2.75) is 31.8 Å². The van der Waals surface area contributed by atoms with Gasteiger partial charge in [-0.3, -0.25) is 4.79 Å². The number of carbonyl (C=O) groups excluding carboxylic acids is 1. The van der Waals surface area contributed by atoms with Crippen LogP contribution in [0, 0.1) is 6.92 Å². The molecule has 0 aliphatic rings. The second kappa shape index (κ2) is 10.8. The van der Waals surface area contributed by atoms with E-state index in [1.54, 1.807) is 0 Å². The molecule has 1 aromatic heterocycles. The van der Waals surface area contributed by atoms with Crippen molar-refractivity contribution in [3.8, 4) is 0 Å². The monoisotopic (exact) mass is 523 g/mol. The Morgan fingerprint density at radius 2 is 1.58 bits per heavy atom. The minimum atomic E-state index is -0.906. The zero-order valence-corrected chi connectivity index (χ0v) is 20.8. The van der Waals surface area contributed by atoms with Gasteiger partial charge in [0.15, 0.2) is 0 Å². The average Bonchev–Trinajstić information content (AvgIpc) is 3.15. The molecule has 33 heavy (non-hydrogen) atoms. The van der Waals surface area contributed by atoms with Gasteiger partial charge in [-0.25, -0.2) is 9.13 Å². The van der Waals surface area contributed by atoms with E-state index in [1.165, 1.54) is 0 Å². The average molecular weight is 525 g/mol. The molecule has 0 radical (unpaired) electrons. The maximum absolute atomic E-state index is 13.0. The molecule has 4 nitrogen and oxygen atoms in total. The number of rotatable bonds is 8. The molecule has 4 rings (SSSR count). The summed E-state index contributed by atoms with van der Waals surface area (Å²) in [5, 5.41) is 0.733. The lowest BCUT2D eigenvalue weighted by Gasteiger charge is -2.31. The van der Waals surface area contributed by atoms with Crippen molar-refractivity contribution in [1.82, 2.24) is 4.57 Å². The smallest absolute Gasteiger partial charge is 0.253 e. The van der Waals surface area contributed by atoms with Crippen LogP contribution in [-0.2, 0) is 23.3 Å². The number of imidazole rings is 1. The summed E-state index contributed by atoms with van der Waals surface area (Å²) < 4.78 is 4.36. The van der Waals surface area contributed by atoms with Crippen LogP contribution in [0.4, 0.5) is 0 Å². The summed E-state index contributed by atoms with van der Waals surface area (Å²) in [5.41, 5.74) is 8.15. The fourth-order valence-corrected chi connectivity index (χ4v) is 4.59. The van der Waals surface area contributed by atoms with E-state index < -0.39 is 5.41 Å². The van der Waals surface area contributed by atoms with Gasteiger partial charge in [-0.05, 0) is 28.8 Å². The molecule has 0 aliphatic heterocycles. The number of aromatic nitrogens is 2. The van der Waals surface area contributed by atoms with Crippen molar-refractivity contribution in [3.05, 3.63) is 125 Å². The number of nitrogens with two attached hydrogens (primary N) is 1. The minimum absolute atomic E-state index is 0. The Balaban J connectivity index is 0.00000306. The molecule has 4 aromatic rings. The third kappa shape index (κ3) is 5.21. The first-order valence-electron chi connectivity index (χ1n) is 10.7. The normalized spacial score (nSPS) is 11.1. The van der Waals surface area contributed by atoms with E-state index in [1.807, 2.05) is 78.9 Å². The van der Waals surface area contributed by atoms with E-state index in [0.29, 0.717) is 13.0 Å². The highest BCUT2D eigenvalue weighted by molar-refractivity contribution is 6.30. The first-order valence-corrected chi connectivity index (χ1v) is 11.1. The summed E-state index contributed by atoms with van der Waals surface area (Å²) in [7, 11) is 0. The Morgan fingerprint density at radius 3 is 2.12 bits per heavy atom. The molecule has 0 aliphatic carbocycles. The van der Waals surface area contributed by atoms with Gasteiger partial charge in [-0.1, -0.05) is 84.4 Å². The van der Waals surface area contributed by atoms with Crippen molar-refractivity contribution in [2.75, 3.05) is 0 Å². The minimum Gasteiger partial charge on any atom is -1.00 e. The van der Waals surface area contributed by atoms with Gasteiger partial charge in [-0.2, -0.15) is 0 Å². The number of aryl methyl sites for hydroxylation is 1. The van der Waals surface area contributed by atoms with Gasteiger partial charge in [0.05, 0.1) is 6.54 Å². The van der Waals surface area contributed by atoms with Crippen molar-refractivity contribution < 1.29 is 26.3 Å². The molecule has 0 spiro atoms.